The summed E-state index contributed by atoms with van der Waals surface area (Å²) < 4.78 is 18.3. The van der Waals surface area contributed by atoms with Crippen LogP contribution in [0.3, 0.4) is 0 Å². The highest BCUT2D eigenvalue weighted by molar-refractivity contribution is 5.97. The smallest absolute Gasteiger partial charge is 0.405 e. The molecule has 172 valence electrons. The van der Waals surface area contributed by atoms with E-state index < -0.39 is 11.7 Å². The van der Waals surface area contributed by atoms with Crippen molar-refractivity contribution >= 4 is 11.9 Å². The molecule has 1 heterocycles. The zero-order valence-electron chi connectivity index (χ0n) is 18.9. The van der Waals surface area contributed by atoms with Crippen LogP contribution in [-0.4, -0.2) is 42.0 Å². The monoisotopic (exact) mass is 432 g/mol. The third-order valence-electron chi connectivity index (χ3n) is 7.06. The van der Waals surface area contributed by atoms with Crippen LogP contribution in [0.5, 0.6) is 0 Å². The van der Waals surface area contributed by atoms with Gasteiger partial charge in [-0.05, 0) is 95.3 Å². The van der Waals surface area contributed by atoms with Crippen LogP contribution in [0, 0.1) is 23.6 Å². The lowest BCUT2D eigenvalue weighted by Crippen LogP contribution is -2.38. The first kappa shape index (κ1) is 23.7. The summed E-state index contributed by atoms with van der Waals surface area (Å²) in [6.07, 6.45) is 8.00. The number of nitrogens with two attached hydrogens (primary N) is 1. The normalized spacial score (nSPS) is 23.5. The maximum atomic E-state index is 13.1. The van der Waals surface area contributed by atoms with Gasteiger partial charge in [0, 0.05) is 11.5 Å². The highest BCUT2D eigenvalue weighted by atomic mass is 19.1. The molecule has 5 nitrogen and oxygen atoms in total. The van der Waals surface area contributed by atoms with Gasteiger partial charge in [-0.2, -0.15) is 0 Å². The van der Waals surface area contributed by atoms with Gasteiger partial charge in [0.2, 0.25) is 0 Å². The molecule has 0 unspecified atom stereocenters. The summed E-state index contributed by atoms with van der Waals surface area (Å²) in [5.74, 6) is 1.27. The van der Waals surface area contributed by atoms with E-state index in [9.17, 15) is 14.0 Å². The van der Waals surface area contributed by atoms with Crippen molar-refractivity contribution in [3.05, 3.63) is 35.6 Å². The van der Waals surface area contributed by atoms with E-state index in [1.165, 1.54) is 44.2 Å². The number of rotatable bonds is 8. The number of hydrogen-bond acceptors (Lipinski definition) is 4. The number of ether oxygens (including phenoxy) is 1. The minimum absolute atomic E-state index is 0.0584. The molecule has 0 spiro atoms. The number of halogens is 1. The number of benzene rings is 1. The Hall–Kier alpha value is -1.95. The Morgan fingerprint density at radius 3 is 2.19 bits per heavy atom. The fraction of sp³-hybridized carbons (Fsp3) is 0.680. The summed E-state index contributed by atoms with van der Waals surface area (Å²) in [6, 6.07) is 5.93. The molecule has 31 heavy (non-hydrogen) atoms. The van der Waals surface area contributed by atoms with Crippen LogP contribution in [0.25, 0.3) is 0 Å². The number of likely N-dealkylation sites (tertiary alicyclic amines) is 1. The first-order valence-electron chi connectivity index (χ1n) is 11.7. The van der Waals surface area contributed by atoms with E-state index in [1.807, 2.05) is 13.8 Å². The summed E-state index contributed by atoms with van der Waals surface area (Å²) in [7, 11) is 0. The summed E-state index contributed by atoms with van der Waals surface area (Å²) in [5.41, 5.74) is 5.32. The Balaban J connectivity index is 1.34. The molecule has 1 aromatic carbocycles. The second-order valence-corrected chi connectivity index (χ2v) is 10.0. The van der Waals surface area contributed by atoms with E-state index in [4.69, 9.17) is 10.5 Å². The number of piperidine rings is 1. The van der Waals surface area contributed by atoms with Crippen LogP contribution >= 0.6 is 0 Å². The highest BCUT2D eigenvalue weighted by Crippen LogP contribution is 2.36. The van der Waals surface area contributed by atoms with Gasteiger partial charge in [-0.15, -0.1) is 0 Å². The second kappa shape index (κ2) is 10.6. The molecular weight excluding hydrogens is 395 g/mol. The van der Waals surface area contributed by atoms with E-state index in [0.717, 1.165) is 44.8 Å². The topological polar surface area (TPSA) is 72.6 Å². The van der Waals surface area contributed by atoms with Crippen molar-refractivity contribution in [2.75, 3.05) is 19.6 Å². The Bertz CT molecular complexity index is 734. The van der Waals surface area contributed by atoms with Crippen molar-refractivity contribution in [3.8, 4) is 0 Å². The average Bonchev–Trinajstić information content (AvgIpc) is 2.72. The van der Waals surface area contributed by atoms with Gasteiger partial charge < -0.3 is 15.4 Å². The van der Waals surface area contributed by atoms with Gasteiger partial charge in [-0.25, -0.2) is 9.18 Å². The van der Waals surface area contributed by atoms with Crippen LogP contribution in [0.4, 0.5) is 9.18 Å². The lowest BCUT2D eigenvalue weighted by Gasteiger charge is -2.35. The van der Waals surface area contributed by atoms with Gasteiger partial charge in [-0.3, -0.25) is 4.79 Å². The van der Waals surface area contributed by atoms with Crippen LogP contribution in [0.2, 0.25) is 0 Å². The van der Waals surface area contributed by atoms with Gasteiger partial charge in [0.05, 0.1) is 0 Å². The quantitative estimate of drug-likeness (QED) is 0.575. The molecule has 3 rings (SSSR count). The first-order valence-corrected chi connectivity index (χ1v) is 11.7. The molecule has 2 fully saturated rings. The Morgan fingerprint density at radius 1 is 1.03 bits per heavy atom. The third-order valence-corrected chi connectivity index (χ3v) is 7.06. The third kappa shape index (κ3) is 7.30. The fourth-order valence-corrected chi connectivity index (χ4v) is 5.37. The average molecular weight is 433 g/mol. The lowest BCUT2D eigenvalue weighted by atomic mass is 9.76. The van der Waals surface area contributed by atoms with Crippen LogP contribution in [0.15, 0.2) is 24.3 Å². The minimum atomic E-state index is -0.693. The number of carbonyl (C=O) groups excluding carboxylic acids is 2. The highest BCUT2D eigenvalue weighted by Gasteiger charge is 2.30. The van der Waals surface area contributed by atoms with Crippen molar-refractivity contribution < 1.29 is 18.7 Å². The van der Waals surface area contributed by atoms with Gasteiger partial charge >= 0.3 is 6.09 Å². The first-order chi connectivity index (χ1) is 14.7. The van der Waals surface area contributed by atoms with Gasteiger partial charge in [-0.1, -0.05) is 25.7 Å². The molecule has 1 aliphatic carbocycles. The summed E-state index contributed by atoms with van der Waals surface area (Å²) >= 11 is 0. The number of primary amides is 1. The molecule has 1 aliphatic heterocycles. The predicted molar refractivity (Wildman–Crippen MR) is 119 cm³/mol. The van der Waals surface area contributed by atoms with Crippen molar-refractivity contribution in [2.24, 2.45) is 23.5 Å². The summed E-state index contributed by atoms with van der Waals surface area (Å²) in [4.78, 5) is 26.2. The summed E-state index contributed by atoms with van der Waals surface area (Å²) in [5, 5.41) is 0. The zero-order chi connectivity index (χ0) is 22.4. The predicted octanol–water partition coefficient (Wildman–Crippen LogP) is 5.18. The molecule has 1 saturated carbocycles. The SMILES string of the molecule is CC(C)(C[C@H]1CC[C@H](CCN2CCC(C(=O)c3ccc(F)cc3)CC2)CC1)OC(N)=O. The lowest BCUT2D eigenvalue weighted by molar-refractivity contribution is 0.0192. The maximum absolute atomic E-state index is 13.1. The molecule has 1 saturated heterocycles. The van der Waals surface area contributed by atoms with E-state index in [1.54, 1.807) is 12.1 Å². The standard InChI is InChI=1S/C25H37FN2O3/c1-25(2,31-24(27)30)17-19-5-3-18(4-6-19)11-14-28-15-12-21(13-16-28)23(29)20-7-9-22(26)10-8-20/h7-10,18-19,21H,3-6,11-17H2,1-2H3,(H2,27,30)/t18-,19-. The van der Waals surface area contributed by atoms with Crippen LogP contribution in [-0.2, 0) is 4.74 Å². The molecule has 0 aromatic heterocycles. The van der Waals surface area contributed by atoms with E-state index in [-0.39, 0.29) is 17.5 Å². The molecule has 2 aliphatic rings. The molecule has 2 N–H and O–H groups in total. The maximum Gasteiger partial charge on any atom is 0.405 e. The van der Waals surface area contributed by atoms with E-state index >= 15 is 0 Å². The Kier molecular flexibility index (Phi) is 8.09. The van der Waals surface area contributed by atoms with Gasteiger partial charge in [0.15, 0.2) is 5.78 Å². The number of ketones is 1. The van der Waals surface area contributed by atoms with Crippen molar-refractivity contribution in [1.29, 1.82) is 0 Å². The Morgan fingerprint density at radius 2 is 1.61 bits per heavy atom. The molecule has 1 aromatic rings. The van der Waals surface area contributed by atoms with Crippen molar-refractivity contribution in [3.63, 3.8) is 0 Å². The zero-order valence-corrected chi connectivity index (χ0v) is 18.9. The number of carbonyl (C=O) groups is 2. The molecule has 0 radical (unpaired) electrons. The van der Waals surface area contributed by atoms with E-state index in [2.05, 4.69) is 4.90 Å². The molecule has 1 amide bonds. The van der Waals surface area contributed by atoms with Crippen molar-refractivity contribution in [2.45, 2.75) is 70.8 Å². The Labute approximate surface area is 185 Å². The number of nitrogens with zero attached hydrogens (tertiary/aromatic N) is 1. The minimum Gasteiger partial charge on any atom is -0.444 e. The number of hydrogen-bond donors (Lipinski definition) is 1. The molecular formula is C25H37FN2O3. The summed E-state index contributed by atoms with van der Waals surface area (Å²) in [6.45, 7) is 6.91. The van der Waals surface area contributed by atoms with Crippen LogP contribution in [0.1, 0.15) is 75.6 Å². The number of amides is 1. The molecule has 0 bridgehead atoms. The molecule has 6 heteroatoms. The van der Waals surface area contributed by atoms with Crippen LogP contribution < -0.4 is 5.73 Å². The second-order valence-electron chi connectivity index (χ2n) is 10.0. The van der Waals surface area contributed by atoms with Gasteiger partial charge in [0.25, 0.3) is 0 Å². The fourth-order valence-electron chi connectivity index (χ4n) is 5.37. The largest absolute Gasteiger partial charge is 0.444 e. The van der Waals surface area contributed by atoms with E-state index in [0.29, 0.717) is 11.5 Å². The number of Topliss-reactive ketones (excluding diaryl/α,β-unsaturated/α-hetero) is 1. The molecule has 0 atom stereocenters. The van der Waals surface area contributed by atoms with Crippen molar-refractivity contribution in [1.82, 2.24) is 4.90 Å². The van der Waals surface area contributed by atoms with Gasteiger partial charge in [0.1, 0.15) is 11.4 Å².